The molecule has 0 atom stereocenters. The quantitative estimate of drug-likeness (QED) is 0.348. The highest BCUT2D eigenvalue weighted by molar-refractivity contribution is 7.89. The van der Waals surface area contributed by atoms with Crippen molar-refractivity contribution in [3.63, 3.8) is 0 Å². The SMILES string of the molecule is CN=C(NCc1cccc(S(=O)(=O)NCCOC)c1)N1CCN(CC(C)C)CC1. The van der Waals surface area contributed by atoms with Crippen LogP contribution in [-0.2, 0) is 21.3 Å². The summed E-state index contributed by atoms with van der Waals surface area (Å²) in [7, 11) is -0.219. The predicted octanol–water partition coefficient (Wildman–Crippen LogP) is 0.960. The molecule has 0 amide bonds. The van der Waals surface area contributed by atoms with Crippen LogP contribution in [0, 0.1) is 5.92 Å². The van der Waals surface area contributed by atoms with E-state index >= 15 is 0 Å². The number of guanidine groups is 1. The van der Waals surface area contributed by atoms with E-state index in [1.165, 1.54) is 7.11 Å². The van der Waals surface area contributed by atoms with E-state index in [1.807, 2.05) is 6.07 Å². The molecule has 2 rings (SSSR count). The van der Waals surface area contributed by atoms with Crippen molar-refractivity contribution in [2.24, 2.45) is 10.9 Å². The summed E-state index contributed by atoms with van der Waals surface area (Å²) in [5.74, 6) is 1.52. The average molecular weight is 426 g/mol. The van der Waals surface area contributed by atoms with Crippen LogP contribution in [0.5, 0.6) is 0 Å². The molecule has 0 bridgehead atoms. The molecule has 0 saturated carbocycles. The van der Waals surface area contributed by atoms with Gasteiger partial charge in [0.15, 0.2) is 5.96 Å². The minimum absolute atomic E-state index is 0.247. The summed E-state index contributed by atoms with van der Waals surface area (Å²) in [5.41, 5.74) is 0.888. The van der Waals surface area contributed by atoms with Crippen molar-refractivity contribution in [1.82, 2.24) is 19.8 Å². The Morgan fingerprint density at radius 1 is 1.24 bits per heavy atom. The van der Waals surface area contributed by atoms with Crippen molar-refractivity contribution in [2.45, 2.75) is 25.3 Å². The number of methoxy groups -OCH3 is 1. The normalized spacial score (nSPS) is 16.4. The topological polar surface area (TPSA) is 86.3 Å². The molecular weight excluding hydrogens is 390 g/mol. The third-order valence-electron chi connectivity index (χ3n) is 4.76. The second-order valence-electron chi connectivity index (χ2n) is 7.62. The van der Waals surface area contributed by atoms with Gasteiger partial charge in [-0.15, -0.1) is 0 Å². The van der Waals surface area contributed by atoms with Crippen LogP contribution in [0.3, 0.4) is 0 Å². The van der Waals surface area contributed by atoms with Gasteiger partial charge in [-0.2, -0.15) is 0 Å². The number of benzene rings is 1. The van der Waals surface area contributed by atoms with Crippen LogP contribution in [0.4, 0.5) is 0 Å². The van der Waals surface area contributed by atoms with Gasteiger partial charge in [0.2, 0.25) is 10.0 Å². The second kappa shape index (κ2) is 11.5. The number of rotatable bonds is 9. The number of hydrogen-bond acceptors (Lipinski definition) is 5. The molecule has 1 saturated heterocycles. The average Bonchev–Trinajstić information content (AvgIpc) is 2.69. The van der Waals surface area contributed by atoms with E-state index in [2.05, 4.69) is 38.7 Å². The maximum atomic E-state index is 12.4. The van der Waals surface area contributed by atoms with Gasteiger partial charge in [0.25, 0.3) is 0 Å². The molecule has 0 spiro atoms. The standard InChI is InChI=1S/C20H35N5O3S/c1-17(2)16-24-9-11-25(12-10-24)20(21-3)22-15-18-6-5-7-19(14-18)29(26,27)23-8-13-28-4/h5-7,14,17,23H,8-13,15-16H2,1-4H3,(H,21,22). The summed E-state index contributed by atoms with van der Waals surface area (Å²) >= 11 is 0. The zero-order valence-electron chi connectivity index (χ0n) is 18.0. The fraction of sp³-hybridized carbons (Fsp3) is 0.650. The summed E-state index contributed by atoms with van der Waals surface area (Å²) < 4.78 is 32.2. The van der Waals surface area contributed by atoms with Crippen molar-refractivity contribution in [2.75, 3.05) is 60.0 Å². The Morgan fingerprint density at radius 2 is 1.97 bits per heavy atom. The number of sulfonamides is 1. The maximum Gasteiger partial charge on any atom is 0.240 e. The summed E-state index contributed by atoms with van der Waals surface area (Å²) in [6.07, 6.45) is 0. The molecule has 1 aliphatic rings. The second-order valence-corrected chi connectivity index (χ2v) is 9.39. The minimum Gasteiger partial charge on any atom is -0.383 e. The van der Waals surface area contributed by atoms with Crippen molar-refractivity contribution in [3.8, 4) is 0 Å². The van der Waals surface area contributed by atoms with Crippen LogP contribution >= 0.6 is 0 Å². The number of ether oxygens (including phenoxy) is 1. The molecule has 2 N–H and O–H groups in total. The molecule has 164 valence electrons. The van der Waals surface area contributed by atoms with Crippen molar-refractivity contribution < 1.29 is 13.2 Å². The van der Waals surface area contributed by atoms with Gasteiger partial charge in [-0.25, -0.2) is 13.1 Å². The molecule has 1 aliphatic heterocycles. The fourth-order valence-corrected chi connectivity index (χ4v) is 4.44. The van der Waals surface area contributed by atoms with Gasteiger partial charge in [0.05, 0.1) is 11.5 Å². The van der Waals surface area contributed by atoms with Crippen LogP contribution in [0.25, 0.3) is 0 Å². The summed E-state index contributed by atoms with van der Waals surface area (Å²) in [4.78, 5) is 9.40. The van der Waals surface area contributed by atoms with Crippen LogP contribution in [0.1, 0.15) is 19.4 Å². The molecule has 1 aromatic carbocycles. The lowest BCUT2D eigenvalue weighted by Gasteiger charge is -2.37. The van der Waals surface area contributed by atoms with Gasteiger partial charge in [-0.05, 0) is 23.6 Å². The number of aliphatic imine (C=N–C) groups is 1. The first-order chi connectivity index (χ1) is 13.9. The van der Waals surface area contributed by atoms with Gasteiger partial charge < -0.3 is 15.0 Å². The van der Waals surface area contributed by atoms with Gasteiger partial charge >= 0.3 is 0 Å². The number of nitrogens with one attached hydrogen (secondary N) is 2. The van der Waals surface area contributed by atoms with E-state index in [-0.39, 0.29) is 11.4 Å². The van der Waals surface area contributed by atoms with Crippen molar-refractivity contribution in [1.29, 1.82) is 0 Å². The van der Waals surface area contributed by atoms with Crippen molar-refractivity contribution >= 4 is 16.0 Å². The molecule has 9 heteroatoms. The highest BCUT2D eigenvalue weighted by Gasteiger charge is 2.20. The van der Waals surface area contributed by atoms with Gasteiger partial charge in [0, 0.05) is 60.0 Å². The summed E-state index contributed by atoms with van der Waals surface area (Å²) in [6.45, 7) is 10.6. The number of hydrogen-bond donors (Lipinski definition) is 2. The minimum atomic E-state index is -3.54. The van der Waals surface area contributed by atoms with Crippen LogP contribution in [-0.4, -0.2) is 84.2 Å². The molecular formula is C20H35N5O3S. The van der Waals surface area contributed by atoms with Gasteiger partial charge in [-0.1, -0.05) is 26.0 Å². The van der Waals surface area contributed by atoms with Crippen LogP contribution in [0.2, 0.25) is 0 Å². The molecule has 1 fully saturated rings. The van der Waals surface area contributed by atoms with E-state index in [0.29, 0.717) is 19.1 Å². The molecule has 0 unspecified atom stereocenters. The van der Waals surface area contributed by atoms with Crippen LogP contribution in [0.15, 0.2) is 34.2 Å². The van der Waals surface area contributed by atoms with Crippen molar-refractivity contribution in [3.05, 3.63) is 29.8 Å². The Hall–Kier alpha value is -1.68. The lowest BCUT2D eigenvalue weighted by atomic mass is 10.2. The first-order valence-electron chi connectivity index (χ1n) is 10.1. The molecule has 0 radical (unpaired) electrons. The third kappa shape index (κ3) is 7.58. The predicted molar refractivity (Wildman–Crippen MR) is 117 cm³/mol. The zero-order valence-corrected chi connectivity index (χ0v) is 18.8. The van der Waals surface area contributed by atoms with E-state index in [9.17, 15) is 8.42 Å². The largest absolute Gasteiger partial charge is 0.383 e. The lowest BCUT2D eigenvalue weighted by molar-refractivity contribution is 0.164. The van der Waals surface area contributed by atoms with E-state index < -0.39 is 10.0 Å². The van der Waals surface area contributed by atoms with Gasteiger partial charge in [-0.3, -0.25) is 9.89 Å². The fourth-order valence-electron chi connectivity index (χ4n) is 3.36. The first-order valence-corrected chi connectivity index (χ1v) is 11.6. The highest BCUT2D eigenvalue weighted by Crippen LogP contribution is 2.12. The molecule has 29 heavy (non-hydrogen) atoms. The lowest BCUT2D eigenvalue weighted by Crippen LogP contribution is -2.52. The van der Waals surface area contributed by atoms with E-state index in [1.54, 1.807) is 25.2 Å². The Bertz CT molecular complexity index is 759. The molecule has 0 aromatic heterocycles. The summed E-state index contributed by atoms with van der Waals surface area (Å²) in [6, 6.07) is 6.96. The highest BCUT2D eigenvalue weighted by atomic mass is 32.2. The molecule has 1 aromatic rings. The molecule has 8 nitrogen and oxygen atoms in total. The van der Waals surface area contributed by atoms with Crippen LogP contribution < -0.4 is 10.0 Å². The third-order valence-corrected chi connectivity index (χ3v) is 6.22. The van der Waals surface area contributed by atoms with E-state index in [0.717, 1.165) is 44.2 Å². The Labute approximate surface area is 175 Å². The Balaban J connectivity index is 1.92. The summed E-state index contributed by atoms with van der Waals surface area (Å²) in [5, 5.41) is 3.36. The number of piperazine rings is 1. The number of nitrogens with zero attached hydrogens (tertiary/aromatic N) is 3. The Kier molecular flexibility index (Phi) is 9.35. The first kappa shape index (κ1) is 23.6. The van der Waals surface area contributed by atoms with E-state index in [4.69, 9.17) is 4.74 Å². The molecule has 1 heterocycles. The maximum absolute atomic E-state index is 12.4. The zero-order chi connectivity index (χ0) is 21.3. The molecule has 0 aliphatic carbocycles. The monoisotopic (exact) mass is 425 g/mol. The Morgan fingerprint density at radius 3 is 2.59 bits per heavy atom. The smallest absolute Gasteiger partial charge is 0.240 e. The van der Waals surface area contributed by atoms with Gasteiger partial charge in [0.1, 0.15) is 0 Å².